The van der Waals surface area contributed by atoms with Crippen molar-refractivity contribution < 1.29 is 8.78 Å². The van der Waals surface area contributed by atoms with Crippen LogP contribution in [0.25, 0.3) is 0 Å². The summed E-state index contributed by atoms with van der Waals surface area (Å²) in [5.41, 5.74) is 0. The number of halogens is 2. The van der Waals surface area contributed by atoms with Gasteiger partial charge in [0.25, 0.3) is 0 Å². The minimum Gasteiger partial charge on any atom is -0.247 e. The maximum Gasteiger partial charge on any atom is 0.103 e. The van der Waals surface area contributed by atoms with Gasteiger partial charge in [0, 0.05) is 0 Å². The molecule has 0 aromatic carbocycles. The maximum atomic E-state index is 13.9. The summed E-state index contributed by atoms with van der Waals surface area (Å²) in [7, 11) is 0. The van der Waals surface area contributed by atoms with Crippen LogP contribution < -0.4 is 0 Å². The van der Waals surface area contributed by atoms with Crippen LogP contribution in [-0.2, 0) is 0 Å². The monoisotopic (exact) mass is 230 g/mol. The largest absolute Gasteiger partial charge is 0.247 e. The first-order chi connectivity index (χ1) is 7.77. The van der Waals surface area contributed by atoms with Gasteiger partial charge in [0.2, 0.25) is 0 Å². The first-order valence-electron chi connectivity index (χ1n) is 7.05. The van der Waals surface area contributed by atoms with E-state index in [0.717, 1.165) is 51.4 Å². The molecule has 0 bridgehead atoms. The molecule has 2 aliphatic carbocycles. The van der Waals surface area contributed by atoms with Gasteiger partial charge in [0.1, 0.15) is 12.3 Å². The van der Waals surface area contributed by atoms with Gasteiger partial charge in [-0.1, -0.05) is 32.1 Å². The number of rotatable bonds is 1. The van der Waals surface area contributed by atoms with Crippen LogP contribution in [0.15, 0.2) is 0 Å². The van der Waals surface area contributed by atoms with Gasteiger partial charge >= 0.3 is 0 Å². The molecule has 0 aliphatic heterocycles. The highest BCUT2D eigenvalue weighted by molar-refractivity contribution is 4.82. The zero-order valence-corrected chi connectivity index (χ0v) is 10.1. The molecule has 0 aromatic rings. The van der Waals surface area contributed by atoms with Gasteiger partial charge in [0.05, 0.1) is 0 Å². The van der Waals surface area contributed by atoms with Crippen LogP contribution in [0.3, 0.4) is 0 Å². The van der Waals surface area contributed by atoms with Crippen molar-refractivity contribution in [2.45, 2.75) is 76.6 Å². The second-order valence-electron chi connectivity index (χ2n) is 5.68. The van der Waals surface area contributed by atoms with Crippen molar-refractivity contribution >= 4 is 0 Å². The molecule has 0 heterocycles. The van der Waals surface area contributed by atoms with Crippen LogP contribution in [0.1, 0.15) is 64.2 Å². The summed E-state index contributed by atoms with van der Waals surface area (Å²) >= 11 is 0. The highest BCUT2D eigenvalue weighted by Gasteiger charge is 2.32. The predicted molar refractivity (Wildman–Crippen MR) is 62.9 cm³/mol. The molecule has 2 saturated carbocycles. The zero-order chi connectivity index (χ0) is 11.4. The Morgan fingerprint density at radius 2 is 1.31 bits per heavy atom. The van der Waals surface area contributed by atoms with Gasteiger partial charge in [-0.3, -0.25) is 0 Å². The smallest absolute Gasteiger partial charge is 0.103 e. The third-order valence-corrected chi connectivity index (χ3v) is 4.53. The first-order valence-corrected chi connectivity index (χ1v) is 7.05. The molecule has 0 spiro atoms. The SMILES string of the molecule is FC1CCCCC(C2CCCCC2F)CC1. The van der Waals surface area contributed by atoms with Gasteiger partial charge in [-0.25, -0.2) is 8.78 Å². The first kappa shape index (κ1) is 12.3. The Morgan fingerprint density at radius 3 is 2.12 bits per heavy atom. The molecule has 2 heteroatoms. The van der Waals surface area contributed by atoms with E-state index in [2.05, 4.69) is 0 Å². The van der Waals surface area contributed by atoms with Crippen LogP contribution in [0.2, 0.25) is 0 Å². The van der Waals surface area contributed by atoms with E-state index in [0.29, 0.717) is 12.3 Å². The topological polar surface area (TPSA) is 0 Å². The van der Waals surface area contributed by atoms with Crippen molar-refractivity contribution in [1.82, 2.24) is 0 Å². The zero-order valence-electron chi connectivity index (χ0n) is 10.1. The maximum absolute atomic E-state index is 13.9. The van der Waals surface area contributed by atoms with Gasteiger partial charge in [-0.2, -0.15) is 0 Å². The van der Waals surface area contributed by atoms with Gasteiger partial charge < -0.3 is 0 Å². The second-order valence-corrected chi connectivity index (χ2v) is 5.68. The summed E-state index contributed by atoms with van der Waals surface area (Å²) < 4.78 is 27.2. The number of alkyl halides is 2. The van der Waals surface area contributed by atoms with E-state index < -0.39 is 12.3 Å². The molecular formula is C14H24F2. The molecule has 2 fully saturated rings. The minimum absolute atomic E-state index is 0.249. The van der Waals surface area contributed by atoms with Gasteiger partial charge in [0.15, 0.2) is 0 Å². The lowest BCUT2D eigenvalue weighted by molar-refractivity contribution is 0.0898. The van der Waals surface area contributed by atoms with E-state index in [4.69, 9.17) is 0 Å². The van der Waals surface area contributed by atoms with Crippen molar-refractivity contribution in [3.05, 3.63) is 0 Å². The third kappa shape index (κ3) is 3.18. The average molecular weight is 230 g/mol. The average Bonchev–Trinajstić information content (AvgIpc) is 2.26. The molecule has 0 N–H and O–H groups in total. The molecule has 0 amide bonds. The predicted octanol–water partition coefficient (Wildman–Crippen LogP) is 4.82. The lowest BCUT2D eigenvalue weighted by Crippen LogP contribution is -2.29. The molecule has 4 unspecified atom stereocenters. The van der Waals surface area contributed by atoms with Gasteiger partial charge in [-0.05, 0) is 43.9 Å². The molecule has 4 atom stereocenters. The Morgan fingerprint density at radius 1 is 0.625 bits per heavy atom. The van der Waals surface area contributed by atoms with Crippen LogP contribution in [-0.4, -0.2) is 12.3 Å². The summed E-state index contributed by atoms with van der Waals surface area (Å²) in [6, 6.07) is 0. The fourth-order valence-corrected chi connectivity index (χ4v) is 3.53. The van der Waals surface area contributed by atoms with E-state index in [9.17, 15) is 8.78 Å². The Hall–Kier alpha value is -0.140. The highest BCUT2D eigenvalue weighted by atomic mass is 19.1. The summed E-state index contributed by atoms with van der Waals surface area (Å²) in [5.74, 6) is 0.716. The Bertz CT molecular complexity index is 205. The molecule has 0 saturated heterocycles. The second kappa shape index (κ2) is 5.97. The van der Waals surface area contributed by atoms with E-state index in [1.807, 2.05) is 0 Å². The summed E-state index contributed by atoms with van der Waals surface area (Å²) in [6.45, 7) is 0. The minimum atomic E-state index is -0.621. The van der Waals surface area contributed by atoms with Crippen LogP contribution in [0.4, 0.5) is 8.78 Å². The number of hydrogen-bond acceptors (Lipinski definition) is 0. The lowest BCUT2D eigenvalue weighted by atomic mass is 9.73. The molecule has 0 radical (unpaired) electrons. The number of hydrogen-bond donors (Lipinski definition) is 0. The molecule has 2 aliphatic rings. The van der Waals surface area contributed by atoms with E-state index in [1.165, 1.54) is 6.42 Å². The highest BCUT2D eigenvalue weighted by Crippen LogP contribution is 2.38. The van der Waals surface area contributed by atoms with Crippen LogP contribution in [0.5, 0.6) is 0 Å². The molecule has 0 aromatic heterocycles. The molecule has 2 rings (SSSR count). The lowest BCUT2D eigenvalue weighted by Gasteiger charge is -2.34. The summed E-state index contributed by atoms with van der Waals surface area (Å²) in [4.78, 5) is 0. The summed E-state index contributed by atoms with van der Waals surface area (Å²) in [6.07, 6.45) is 8.38. The molecular weight excluding hydrogens is 206 g/mol. The van der Waals surface area contributed by atoms with E-state index >= 15 is 0 Å². The van der Waals surface area contributed by atoms with Crippen molar-refractivity contribution in [2.75, 3.05) is 0 Å². The molecule has 94 valence electrons. The van der Waals surface area contributed by atoms with Crippen molar-refractivity contribution in [3.63, 3.8) is 0 Å². The normalized spacial score (nSPS) is 42.4. The standard InChI is InChI=1S/C14H24F2/c15-12-6-2-1-5-11(9-10-12)13-7-3-4-8-14(13)16/h11-14H,1-10H2. The third-order valence-electron chi connectivity index (χ3n) is 4.53. The Labute approximate surface area is 97.8 Å². The van der Waals surface area contributed by atoms with Crippen molar-refractivity contribution in [3.8, 4) is 0 Å². The summed E-state index contributed by atoms with van der Waals surface area (Å²) in [5, 5.41) is 0. The van der Waals surface area contributed by atoms with Crippen molar-refractivity contribution in [2.24, 2.45) is 11.8 Å². The van der Waals surface area contributed by atoms with E-state index in [-0.39, 0.29) is 5.92 Å². The van der Waals surface area contributed by atoms with Gasteiger partial charge in [-0.15, -0.1) is 0 Å². The van der Waals surface area contributed by atoms with E-state index in [1.54, 1.807) is 0 Å². The fraction of sp³-hybridized carbons (Fsp3) is 1.00. The quantitative estimate of drug-likeness (QED) is 0.605. The van der Waals surface area contributed by atoms with Crippen molar-refractivity contribution in [1.29, 1.82) is 0 Å². The Kier molecular flexibility index (Phi) is 4.60. The Balaban J connectivity index is 1.89. The van der Waals surface area contributed by atoms with Crippen LogP contribution >= 0.6 is 0 Å². The fourth-order valence-electron chi connectivity index (χ4n) is 3.53. The molecule has 16 heavy (non-hydrogen) atoms. The van der Waals surface area contributed by atoms with Crippen LogP contribution in [0, 0.1) is 11.8 Å². The molecule has 0 nitrogen and oxygen atoms in total.